The smallest absolute Gasteiger partial charge is 1.00 e. The van der Waals surface area contributed by atoms with Crippen LogP contribution in [-0.4, -0.2) is 94.6 Å². The molecule has 2 heterocycles. The predicted octanol–water partition coefficient (Wildman–Crippen LogP) is 3.36. The Balaban J connectivity index is 0.000000430. The van der Waals surface area contributed by atoms with Gasteiger partial charge in [-0.3, -0.25) is 14.4 Å². The van der Waals surface area contributed by atoms with Crippen molar-refractivity contribution >= 4 is 52.7 Å². The summed E-state index contributed by atoms with van der Waals surface area (Å²) in [7, 11) is 0. The number of carbonyl (C=O) groups excluding carboxylic acids is 5. The molecule has 0 saturated carbocycles. The van der Waals surface area contributed by atoms with Crippen LogP contribution in [0.15, 0.2) is 72.8 Å². The van der Waals surface area contributed by atoms with Gasteiger partial charge in [0, 0.05) is 86.5 Å². The third-order valence-electron chi connectivity index (χ3n) is 12.7. The first-order valence-corrected chi connectivity index (χ1v) is 23.9. The Morgan fingerprint density at radius 3 is 1.41 bits per heavy atom. The van der Waals surface area contributed by atoms with Crippen molar-refractivity contribution in [3.05, 3.63) is 129 Å². The number of hydrogen-bond acceptors (Lipinski definition) is 9. The van der Waals surface area contributed by atoms with Gasteiger partial charge in [0.1, 0.15) is 34.8 Å². The molecule has 8 rings (SSSR count). The summed E-state index contributed by atoms with van der Waals surface area (Å²) in [6, 6.07) is 14.9. The summed E-state index contributed by atoms with van der Waals surface area (Å²) >= 11 is 1.27. The van der Waals surface area contributed by atoms with Gasteiger partial charge in [0.15, 0.2) is 18.2 Å². The minimum Gasteiger partial charge on any atom is -1.00 e. The monoisotopic (exact) mass is 1420 g/mol. The summed E-state index contributed by atoms with van der Waals surface area (Å²) in [5.41, 5.74) is 2.79. The van der Waals surface area contributed by atoms with E-state index in [0.717, 1.165) is 29.3 Å². The van der Waals surface area contributed by atoms with Crippen LogP contribution in [0.1, 0.15) is 82.9 Å². The summed E-state index contributed by atoms with van der Waals surface area (Å²) in [6.07, 6.45) is -3.93. The second-order valence-corrected chi connectivity index (χ2v) is 18.6. The zero-order chi connectivity index (χ0) is 53.7. The number of nitrogens with one attached hydrogen (secondary N) is 2. The van der Waals surface area contributed by atoms with Crippen molar-refractivity contribution in [1.82, 2.24) is 20.4 Å². The summed E-state index contributed by atoms with van der Waals surface area (Å²) in [4.78, 5) is 64.8. The molecule has 4 aromatic rings. The summed E-state index contributed by atoms with van der Waals surface area (Å²) in [5, 5.41) is 23.6. The van der Waals surface area contributed by atoms with Crippen LogP contribution in [-0.2, 0) is 35.6 Å². The molecule has 0 aromatic heterocycles. The molecule has 2 saturated heterocycles. The number of urea groups is 2. The van der Waals surface area contributed by atoms with Crippen LogP contribution in [0, 0.1) is 34.1 Å². The average Bonchev–Trinajstić information content (AvgIpc) is 3.33. The molecule has 4 aromatic carbocycles. The number of ketones is 2. The number of nitrogens with zero attached hydrogens (tertiary/aromatic N) is 2. The fraction of sp³-hybridized carbons (Fsp3) is 0.408. The Morgan fingerprint density at radius 1 is 0.653 bits per heavy atom. The fourth-order valence-corrected chi connectivity index (χ4v) is 9.03. The van der Waals surface area contributed by atoms with E-state index >= 15 is 0 Å². The maximum atomic E-state index is 13.5. The molecule has 3 N–H and O–H groups in total. The van der Waals surface area contributed by atoms with E-state index in [1.54, 1.807) is 21.9 Å². The molecule has 13 nitrogen and oxygen atoms in total. The molecule has 0 bridgehead atoms. The van der Waals surface area contributed by atoms with E-state index in [0.29, 0.717) is 94.2 Å². The Labute approximate surface area is 557 Å². The molecule has 75 heavy (non-hydrogen) atoms. The van der Waals surface area contributed by atoms with Gasteiger partial charge in [-0.2, -0.15) is 26.3 Å². The Morgan fingerprint density at radius 2 is 1.03 bits per heavy atom. The second-order valence-electron chi connectivity index (χ2n) is 17.8. The SMILES string of the molecule is FC(F)(F)CI.O=C1CC2(CCN(C(=O)NCc3ccc(F)cc3O)CC2)Cc2ccc(F)cc21.O=C1CC2(CCN(C(=O)NCc3ccc(F)cc3OCC(F)(F)F)CC2)Cc2ccc(F)cc21.O=CO[O-].[Cs+].[Cs+].[H-]. The van der Waals surface area contributed by atoms with Crippen LogP contribution in [0.2, 0.25) is 0 Å². The molecule has 0 atom stereocenters. The van der Waals surface area contributed by atoms with Crippen LogP contribution in [0.25, 0.3) is 0 Å². The normalized spacial score (nSPS) is 16.1. The molecular formula is C49H49Cs2F10IN4O9. The number of phenolic OH excluding ortho intramolecular Hbond substituents is 1. The molecule has 2 aliphatic heterocycles. The van der Waals surface area contributed by atoms with E-state index in [-0.39, 0.29) is 204 Å². The Bertz CT molecular complexity index is 2630. The third-order valence-corrected chi connectivity index (χ3v) is 13.6. The maximum absolute atomic E-state index is 13.5. The molecule has 4 aliphatic rings. The van der Waals surface area contributed by atoms with Crippen molar-refractivity contribution in [1.29, 1.82) is 0 Å². The molecular weight excluding hydrogens is 1370 g/mol. The van der Waals surface area contributed by atoms with Gasteiger partial charge in [0.25, 0.3) is 6.47 Å². The molecule has 2 spiro atoms. The summed E-state index contributed by atoms with van der Waals surface area (Å²) < 4.78 is 127. The number of likely N-dealkylation sites (tertiary alicyclic amines) is 2. The number of benzene rings is 4. The van der Waals surface area contributed by atoms with Gasteiger partial charge in [-0.05, 0) is 96.9 Å². The molecule has 398 valence electrons. The zero-order valence-electron chi connectivity index (χ0n) is 41.6. The molecule has 0 unspecified atom stereocenters. The van der Waals surface area contributed by atoms with Crippen molar-refractivity contribution in [3.8, 4) is 11.5 Å². The number of ether oxygens (including phenoxy) is 1. The number of halogens is 11. The van der Waals surface area contributed by atoms with Crippen molar-refractivity contribution in [2.75, 3.05) is 37.2 Å². The third kappa shape index (κ3) is 20.8. The van der Waals surface area contributed by atoms with E-state index in [1.807, 2.05) is 0 Å². The first-order valence-electron chi connectivity index (χ1n) is 22.4. The minimum absolute atomic E-state index is 0. The molecule has 26 heteroatoms. The number of Topliss-reactive ketones (excluding diaryl/α,β-unsaturated/α-hetero) is 2. The van der Waals surface area contributed by atoms with Gasteiger partial charge < -0.3 is 41.8 Å². The van der Waals surface area contributed by atoms with E-state index in [1.165, 1.54) is 65.1 Å². The van der Waals surface area contributed by atoms with Gasteiger partial charge >= 0.3 is 162 Å². The number of hydrogen-bond donors (Lipinski definition) is 3. The first kappa shape index (κ1) is 67.2. The topological polar surface area (TPSA) is 178 Å². The Kier molecular flexibility index (Phi) is 27.3. The quantitative estimate of drug-likeness (QED) is 0.0626. The van der Waals surface area contributed by atoms with Crippen LogP contribution in [0.4, 0.5) is 53.5 Å². The van der Waals surface area contributed by atoms with Gasteiger partial charge in [0.05, 0.1) is 4.43 Å². The number of fused-ring (bicyclic) bond motifs is 2. The van der Waals surface area contributed by atoms with Gasteiger partial charge in [0.2, 0.25) is 0 Å². The number of carbonyl (C=O) groups is 5. The predicted molar refractivity (Wildman–Crippen MR) is 248 cm³/mol. The molecule has 2 fully saturated rings. The van der Waals surface area contributed by atoms with Gasteiger partial charge in [-0.15, -0.1) is 0 Å². The maximum Gasteiger partial charge on any atom is 1.00 e. The second kappa shape index (κ2) is 30.5. The molecule has 2 aliphatic carbocycles. The minimum atomic E-state index is -4.58. The van der Waals surface area contributed by atoms with Crippen LogP contribution >= 0.6 is 22.6 Å². The van der Waals surface area contributed by atoms with Gasteiger partial charge in [-0.25, -0.2) is 27.2 Å². The Hall–Kier alpha value is -2.08. The number of alkyl halides is 7. The zero-order valence-corrected chi connectivity index (χ0v) is 55.3. The fourth-order valence-electron chi connectivity index (χ4n) is 9.03. The molecule has 4 amide bonds. The van der Waals surface area contributed by atoms with Crippen molar-refractivity contribution < 1.29 is 227 Å². The van der Waals surface area contributed by atoms with Gasteiger partial charge in [-0.1, -0.05) is 46.9 Å². The summed E-state index contributed by atoms with van der Waals surface area (Å²) in [5.74, 6) is -2.74. The number of amides is 4. The van der Waals surface area contributed by atoms with E-state index in [9.17, 15) is 68.2 Å². The van der Waals surface area contributed by atoms with E-state index < -0.39 is 52.7 Å². The van der Waals surface area contributed by atoms with Crippen molar-refractivity contribution in [2.24, 2.45) is 10.8 Å². The van der Waals surface area contributed by atoms with Crippen LogP contribution in [0.3, 0.4) is 0 Å². The summed E-state index contributed by atoms with van der Waals surface area (Å²) in [6.45, 7) is 0.0541. The standard InChI is InChI=1S/C24H23F5N2O3.C22H22F2N2O3.C2H2F3I.CH2O3.2Cs.H/c25-17-3-1-15-11-23(12-20(32)19(15)9-17)5-7-31(8-6-23)22(33)30-13-16-2-4-18(26)10-21(16)34-14-24(27,28)29;23-16-3-1-14-11-22(12-20(28)18(14)9-16)5-7-26(8-6-22)21(29)25-13-15-2-4-17(24)10-19(15)27;3-2(4,5)1-6;2-1-4-3;;;/h1-4,9-10H,5-8,11-14H2,(H,30,33);1-4,9-10,27H,5-8,11-13H2,(H,25,29);1H2;1,3H;;;/q;;;;2*+1;-1/p-1. The van der Waals surface area contributed by atoms with E-state index in [4.69, 9.17) is 14.8 Å². The van der Waals surface area contributed by atoms with E-state index in [2.05, 4.69) is 15.5 Å². The first-order chi connectivity index (χ1) is 34.4. The largest absolute Gasteiger partial charge is 1.00 e. The van der Waals surface area contributed by atoms with Crippen molar-refractivity contribution in [3.63, 3.8) is 0 Å². The number of aromatic hydroxyl groups is 1. The van der Waals surface area contributed by atoms with Crippen molar-refractivity contribution in [2.45, 2.75) is 76.8 Å². The van der Waals surface area contributed by atoms with Crippen LogP contribution in [0.5, 0.6) is 11.5 Å². The average molecular weight is 1420 g/mol. The number of rotatable bonds is 7. The van der Waals surface area contributed by atoms with Crippen LogP contribution < -0.4 is 158 Å². The number of phenols is 1. The molecule has 0 radical (unpaired) electrons. The number of piperidine rings is 2.